The van der Waals surface area contributed by atoms with Crippen molar-refractivity contribution in [2.75, 3.05) is 10.6 Å². The summed E-state index contributed by atoms with van der Waals surface area (Å²) in [7, 11) is 0. The number of hydrogen-bond donors (Lipinski definition) is 2. The first kappa shape index (κ1) is 15.1. The second-order valence-electron chi connectivity index (χ2n) is 4.55. The zero-order valence-corrected chi connectivity index (χ0v) is 13.0. The Morgan fingerprint density at radius 1 is 1.10 bits per heavy atom. The molecule has 0 fully saturated rings. The molecule has 0 aromatic heterocycles. The first-order valence-electron chi connectivity index (χ1n) is 6.41. The number of carbonyl (C=O) groups is 1. The molecule has 0 aliphatic carbocycles. The fourth-order valence-electron chi connectivity index (χ4n) is 1.74. The molecule has 0 saturated heterocycles. The molecule has 2 aromatic carbocycles. The normalized spacial score (nSPS) is 11.3. The first-order chi connectivity index (χ1) is 10.1. The fourth-order valence-corrected chi connectivity index (χ4v) is 2.00. The standard InChI is InChI=1S/C16H14BrN3O/c1-11(19-14-8-4-13(17)5-9-14)16(21)20-15-6-2-12(10-18)3-7-15/h2-9,11,19H,1H3,(H,20,21). The lowest BCUT2D eigenvalue weighted by atomic mass is 10.2. The van der Waals surface area contributed by atoms with Gasteiger partial charge in [0.15, 0.2) is 0 Å². The Labute approximate surface area is 131 Å². The summed E-state index contributed by atoms with van der Waals surface area (Å²) in [5.74, 6) is -0.136. The zero-order valence-electron chi connectivity index (χ0n) is 11.4. The van der Waals surface area contributed by atoms with Gasteiger partial charge < -0.3 is 10.6 Å². The lowest BCUT2D eigenvalue weighted by Gasteiger charge is -2.15. The van der Waals surface area contributed by atoms with E-state index in [-0.39, 0.29) is 11.9 Å². The van der Waals surface area contributed by atoms with E-state index in [9.17, 15) is 4.79 Å². The van der Waals surface area contributed by atoms with Gasteiger partial charge >= 0.3 is 0 Å². The van der Waals surface area contributed by atoms with Crippen LogP contribution in [0.25, 0.3) is 0 Å². The third kappa shape index (κ3) is 4.33. The van der Waals surface area contributed by atoms with Crippen molar-refractivity contribution in [3.8, 4) is 6.07 Å². The molecular weight excluding hydrogens is 330 g/mol. The molecular formula is C16H14BrN3O. The average molecular weight is 344 g/mol. The summed E-state index contributed by atoms with van der Waals surface area (Å²) in [6.07, 6.45) is 0. The van der Waals surface area contributed by atoms with Crippen molar-refractivity contribution in [3.63, 3.8) is 0 Å². The Morgan fingerprint density at radius 2 is 1.67 bits per heavy atom. The molecule has 0 aliphatic rings. The molecule has 0 radical (unpaired) electrons. The van der Waals surface area contributed by atoms with Crippen molar-refractivity contribution in [1.29, 1.82) is 5.26 Å². The van der Waals surface area contributed by atoms with E-state index < -0.39 is 0 Å². The van der Waals surface area contributed by atoms with E-state index in [0.29, 0.717) is 11.3 Å². The van der Waals surface area contributed by atoms with Crippen LogP contribution in [0.4, 0.5) is 11.4 Å². The SMILES string of the molecule is CC(Nc1ccc(Br)cc1)C(=O)Nc1ccc(C#N)cc1. The Hall–Kier alpha value is -2.32. The van der Waals surface area contributed by atoms with Gasteiger partial charge in [-0.3, -0.25) is 4.79 Å². The molecule has 0 heterocycles. The molecule has 2 aromatic rings. The summed E-state index contributed by atoms with van der Waals surface area (Å²) < 4.78 is 0.989. The van der Waals surface area contributed by atoms with Gasteiger partial charge in [-0.15, -0.1) is 0 Å². The van der Waals surface area contributed by atoms with Crippen molar-refractivity contribution in [2.45, 2.75) is 13.0 Å². The van der Waals surface area contributed by atoms with E-state index in [1.807, 2.05) is 30.3 Å². The highest BCUT2D eigenvalue weighted by Gasteiger charge is 2.12. The second-order valence-corrected chi connectivity index (χ2v) is 5.47. The molecule has 0 saturated carbocycles. The van der Waals surface area contributed by atoms with Crippen LogP contribution >= 0.6 is 15.9 Å². The lowest BCUT2D eigenvalue weighted by molar-refractivity contribution is -0.116. The van der Waals surface area contributed by atoms with Crippen LogP contribution in [0.1, 0.15) is 12.5 Å². The van der Waals surface area contributed by atoms with E-state index in [0.717, 1.165) is 10.2 Å². The van der Waals surface area contributed by atoms with E-state index in [2.05, 4.69) is 26.6 Å². The molecule has 0 aliphatic heterocycles. The largest absolute Gasteiger partial charge is 0.374 e. The highest BCUT2D eigenvalue weighted by atomic mass is 79.9. The number of hydrogen-bond acceptors (Lipinski definition) is 3. The smallest absolute Gasteiger partial charge is 0.246 e. The molecule has 5 heteroatoms. The molecule has 1 unspecified atom stereocenters. The molecule has 1 amide bonds. The van der Waals surface area contributed by atoms with Gasteiger partial charge in [0, 0.05) is 15.8 Å². The van der Waals surface area contributed by atoms with Crippen molar-refractivity contribution >= 4 is 33.2 Å². The predicted molar refractivity (Wildman–Crippen MR) is 87.0 cm³/mol. The predicted octanol–water partition coefficient (Wildman–Crippen LogP) is 3.76. The van der Waals surface area contributed by atoms with Gasteiger partial charge in [-0.25, -0.2) is 0 Å². The monoisotopic (exact) mass is 343 g/mol. The number of nitriles is 1. The number of anilines is 2. The third-order valence-corrected chi connectivity index (χ3v) is 3.43. The number of nitrogens with one attached hydrogen (secondary N) is 2. The number of benzene rings is 2. The van der Waals surface area contributed by atoms with Crippen LogP contribution in [0.2, 0.25) is 0 Å². The molecule has 1 atom stereocenters. The molecule has 21 heavy (non-hydrogen) atoms. The molecule has 2 rings (SSSR count). The minimum Gasteiger partial charge on any atom is -0.374 e. The molecule has 2 N–H and O–H groups in total. The van der Waals surface area contributed by atoms with Gasteiger partial charge in [-0.1, -0.05) is 15.9 Å². The van der Waals surface area contributed by atoms with Crippen molar-refractivity contribution in [2.24, 2.45) is 0 Å². The number of carbonyl (C=O) groups excluding carboxylic acids is 1. The van der Waals surface area contributed by atoms with Gasteiger partial charge in [0.25, 0.3) is 0 Å². The summed E-state index contributed by atoms with van der Waals surface area (Å²) in [4.78, 5) is 12.1. The van der Waals surface area contributed by atoms with E-state index in [1.54, 1.807) is 31.2 Å². The Bertz CT molecular complexity index is 659. The highest BCUT2D eigenvalue weighted by molar-refractivity contribution is 9.10. The molecule has 4 nitrogen and oxygen atoms in total. The maximum Gasteiger partial charge on any atom is 0.246 e. The first-order valence-corrected chi connectivity index (χ1v) is 7.21. The Kier molecular flexibility index (Phi) is 4.96. The number of halogens is 1. The minimum absolute atomic E-state index is 0.136. The van der Waals surface area contributed by atoms with Crippen LogP contribution in [-0.4, -0.2) is 11.9 Å². The summed E-state index contributed by atoms with van der Waals surface area (Å²) in [6.45, 7) is 1.79. The van der Waals surface area contributed by atoms with Gasteiger partial charge in [0.05, 0.1) is 11.6 Å². The Balaban J connectivity index is 1.95. The van der Waals surface area contributed by atoms with Gasteiger partial charge in [-0.2, -0.15) is 5.26 Å². The summed E-state index contributed by atoms with van der Waals surface area (Å²) >= 11 is 3.37. The van der Waals surface area contributed by atoms with E-state index in [4.69, 9.17) is 5.26 Å². The number of amides is 1. The molecule has 106 valence electrons. The average Bonchev–Trinajstić information content (AvgIpc) is 2.50. The van der Waals surface area contributed by atoms with Crippen LogP contribution in [0, 0.1) is 11.3 Å². The second kappa shape index (κ2) is 6.91. The van der Waals surface area contributed by atoms with Crippen LogP contribution < -0.4 is 10.6 Å². The maximum atomic E-state index is 12.1. The van der Waals surface area contributed by atoms with Crippen molar-refractivity contribution < 1.29 is 4.79 Å². The summed E-state index contributed by atoms with van der Waals surface area (Å²) in [6, 6.07) is 16.0. The van der Waals surface area contributed by atoms with Crippen LogP contribution in [0.15, 0.2) is 53.0 Å². The Morgan fingerprint density at radius 3 is 2.24 bits per heavy atom. The minimum atomic E-state index is -0.373. The summed E-state index contributed by atoms with van der Waals surface area (Å²) in [5, 5.41) is 14.7. The fraction of sp³-hybridized carbons (Fsp3) is 0.125. The van der Waals surface area contributed by atoms with Crippen LogP contribution in [0.5, 0.6) is 0 Å². The maximum absolute atomic E-state index is 12.1. The van der Waals surface area contributed by atoms with Gasteiger partial charge in [0.1, 0.15) is 6.04 Å². The molecule has 0 bridgehead atoms. The lowest BCUT2D eigenvalue weighted by Crippen LogP contribution is -2.31. The quantitative estimate of drug-likeness (QED) is 0.888. The van der Waals surface area contributed by atoms with Gasteiger partial charge in [0.2, 0.25) is 5.91 Å². The van der Waals surface area contributed by atoms with Crippen molar-refractivity contribution in [1.82, 2.24) is 0 Å². The number of rotatable bonds is 4. The highest BCUT2D eigenvalue weighted by Crippen LogP contribution is 2.15. The topological polar surface area (TPSA) is 64.9 Å². The number of nitrogens with zero attached hydrogens (tertiary/aromatic N) is 1. The van der Waals surface area contributed by atoms with Crippen LogP contribution in [0.3, 0.4) is 0 Å². The third-order valence-electron chi connectivity index (χ3n) is 2.90. The van der Waals surface area contributed by atoms with E-state index in [1.165, 1.54) is 0 Å². The summed E-state index contributed by atoms with van der Waals surface area (Å²) in [5.41, 5.74) is 2.11. The zero-order chi connectivity index (χ0) is 15.2. The van der Waals surface area contributed by atoms with Crippen LogP contribution in [-0.2, 0) is 4.79 Å². The molecule has 0 spiro atoms. The van der Waals surface area contributed by atoms with Gasteiger partial charge in [-0.05, 0) is 55.5 Å². The van der Waals surface area contributed by atoms with E-state index >= 15 is 0 Å². The van der Waals surface area contributed by atoms with Crippen molar-refractivity contribution in [3.05, 3.63) is 58.6 Å².